The molecule has 0 amide bonds. The van der Waals surface area contributed by atoms with Gasteiger partial charge in [0.1, 0.15) is 5.82 Å². The maximum absolute atomic E-state index is 13.2. The summed E-state index contributed by atoms with van der Waals surface area (Å²) in [5, 5.41) is 0. The Hall–Kier alpha value is -1.13. The van der Waals surface area contributed by atoms with Crippen LogP contribution < -0.4 is 10.6 Å². The van der Waals surface area contributed by atoms with Crippen molar-refractivity contribution in [2.45, 2.75) is 12.8 Å². The van der Waals surface area contributed by atoms with Crippen molar-refractivity contribution >= 4 is 5.69 Å². The summed E-state index contributed by atoms with van der Waals surface area (Å²) >= 11 is 0. The molecule has 18 heavy (non-hydrogen) atoms. The van der Waals surface area contributed by atoms with E-state index in [9.17, 15) is 4.39 Å². The van der Waals surface area contributed by atoms with Gasteiger partial charge in [-0.1, -0.05) is 6.07 Å². The van der Waals surface area contributed by atoms with Crippen LogP contribution >= 0.6 is 0 Å². The fourth-order valence-electron chi connectivity index (χ4n) is 1.90. The second-order valence-corrected chi connectivity index (χ2v) is 4.77. The number of nitrogens with zero attached hydrogens (tertiary/aromatic N) is 2. The molecule has 0 aliphatic carbocycles. The molecule has 1 aromatic rings. The summed E-state index contributed by atoms with van der Waals surface area (Å²) in [6.45, 7) is 3.52. The molecule has 0 bridgehead atoms. The van der Waals surface area contributed by atoms with Crippen molar-refractivity contribution < 1.29 is 4.39 Å². The normalized spacial score (nSPS) is 10.9. The summed E-state index contributed by atoms with van der Waals surface area (Å²) in [5.74, 6) is -0.183. The number of rotatable bonds is 8. The first kappa shape index (κ1) is 14.9. The van der Waals surface area contributed by atoms with Crippen molar-refractivity contribution in [2.24, 2.45) is 5.73 Å². The minimum absolute atomic E-state index is 0.183. The maximum atomic E-state index is 13.2. The van der Waals surface area contributed by atoms with Crippen molar-refractivity contribution in [3.63, 3.8) is 0 Å². The van der Waals surface area contributed by atoms with Crippen LogP contribution in [0.5, 0.6) is 0 Å². The molecule has 0 saturated heterocycles. The number of hydrogen-bond donors (Lipinski definition) is 1. The Morgan fingerprint density at radius 2 is 1.83 bits per heavy atom. The van der Waals surface area contributed by atoms with Gasteiger partial charge in [0.15, 0.2) is 0 Å². The SMILES string of the molecule is CN(C)CCCN(CCCN)c1cccc(F)c1. The van der Waals surface area contributed by atoms with Gasteiger partial charge in [0.2, 0.25) is 0 Å². The van der Waals surface area contributed by atoms with Gasteiger partial charge in [-0.05, 0) is 58.2 Å². The van der Waals surface area contributed by atoms with Crippen LogP contribution in [-0.4, -0.2) is 45.2 Å². The Kier molecular flexibility index (Phi) is 6.68. The Bertz CT molecular complexity index is 342. The molecule has 2 N–H and O–H groups in total. The van der Waals surface area contributed by atoms with Crippen molar-refractivity contribution in [2.75, 3.05) is 45.2 Å². The van der Waals surface area contributed by atoms with E-state index in [1.165, 1.54) is 6.07 Å². The molecule has 0 aliphatic heterocycles. The van der Waals surface area contributed by atoms with Crippen LogP contribution in [0.2, 0.25) is 0 Å². The molecular weight excluding hydrogens is 229 g/mol. The number of benzene rings is 1. The number of anilines is 1. The molecule has 1 rings (SSSR count). The van der Waals surface area contributed by atoms with Gasteiger partial charge in [0.25, 0.3) is 0 Å². The Morgan fingerprint density at radius 1 is 1.11 bits per heavy atom. The smallest absolute Gasteiger partial charge is 0.125 e. The third kappa shape index (κ3) is 5.47. The highest BCUT2D eigenvalue weighted by atomic mass is 19.1. The molecule has 0 aromatic heterocycles. The lowest BCUT2D eigenvalue weighted by Crippen LogP contribution is -2.29. The van der Waals surface area contributed by atoms with Crippen molar-refractivity contribution in [3.05, 3.63) is 30.1 Å². The topological polar surface area (TPSA) is 32.5 Å². The van der Waals surface area contributed by atoms with Crippen LogP contribution in [0, 0.1) is 5.82 Å². The van der Waals surface area contributed by atoms with Gasteiger partial charge in [-0.25, -0.2) is 4.39 Å². The zero-order valence-electron chi connectivity index (χ0n) is 11.4. The first-order chi connectivity index (χ1) is 8.63. The molecule has 4 heteroatoms. The second kappa shape index (κ2) is 8.06. The summed E-state index contributed by atoms with van der Waals surface area (Å²) in [4.78, 5) is 4.37. The van der Waals surface area contributed by atoms with E-state index in [1.807, 2.05) is 6.07 Å². The fraction of sp³-hybridized carbons (Fsp3) is 0.571. The molecule has 0 fully saturated rings. The zero-order chi connectivity index (χ0) is 13.4. The van der Waals surface area contributed by atoms with Crippen molar-refractivity contribution in [1.29, 1.82) is 0 Å². The standard InChI is InChI=1S/C14H24FN3/c1-17(2)9-5-11-18(10-4-8-16)14-7-3-6-13(15)12-14/h3,6-7,12H,4-5,8-11,16H2,1-2H3. The van der Waals surface area contributed by atoms with Gasteiger partial charge in [-0.2, -0.15) is 0 Å². The average Bonchev–Trinajstić information content (AvgIpc) is 2.33. The van der Waals surface area contributed by atoms with E-state index in [2.05, 4.69) is 23.9 Å². The predicted molar refractivity (Wildman–Crippen MR) is 75.5 cm³/mol. The van der Waals surface area contributed by atoms with E-state index < -0.39 is 0 Å². The third-order valence-electron chi connectivity index (χ3n) is 2.84. The molecule has 0 unspecified atom stereocenters. The quantitative estimate of drug-likeness (QED) is 0.768. The summed E-state index contributed by atoms with van der Waals surface area (Å²) in [6, 6.07) is 6.78. The molecule has 3 nitrogen and oxygen atoms in total. The zero-order valence-corrected chi connectivity index (χ0v) is 11.4. The maximum Gasteiger partial charge on any atom is 0.125 e. The first-order valence-corrected chi connectivity index (χ1v) is 6.49. The molecular formula is C14H24FN3. The van der Waals surface area contributed by atoms with E-state index in [0.29, 0.717) is 6.54 Å². The van der Waals surface area contributed by atoms with Gasteiger partial charge in [0.05, 0.1) is 0 Å². The largest absolute Gasteiger partial charge is 0.371 e. The van der Waals surface area contributed by atoms with E-state index in [-0.39, 0.29) is 5.82 Å². The van der Waals surface area contributed by atoms with Crippen molar-refractivity contribution in [1.82, 2.24) is 4.90 Å². The molecule has 0 spiro atoms. The third-order valence-corrected chi connectivity index (χ3v) is 2.84. The number of nitrogens with two attached hydrogens (primary N) is 1. The predicted octanol–water partition coefficient (Wildman–Crippen LogP) is 1.93. The first-order valence-electron chi connectivity index (χ1n) is 6.49. The minimum Gasteiger partial charge on any atom is -0.371 e. The average molecular weight is 253 g/mol. The summed E-state index contributed by atoms with van der Waals surface area (Å²) in [5.41, 5.74) is 6.50. The highest BCUT2D eigenvalue weighted by molar-refractivity contribution is 5.46. The van der Waals surface area contributed by atoms with Crippen LogP contribution in [0.15, 0.2) is 24.3 Å². The Balaban J connectivity index is 2.59. The minimum atomic E-state index is -0.183. The van der Waals surface area contributed by atoms with E-state index >= 15 is 0 Å². The highest BCUT2D eigenvalue weighted by Gasteiger charge is 2.06. The van der Waals surface area contributed by atoms with Gasteiger partial charge in [-0.3, -0.25) is 0 Å². The van der Waals surface area contributed by atoms with Gasteiger partial charge in [0, 0.05) is 18.8 Å². The van der Waals surface area contributed by atoms with Crippen LogP contribution in [0.1, 0.15) is 12.8 Å². The lowest BCUT2D eigenvalue weighted by atomic mass is 10.2. The molecule has 102 valence electrons. The van der Waals surface area contributed by atoms with Gasteiger partial charge < -0.3 is 15.5 Å². The monoisotopic (exact) mass is 253 g/mol. The highest BCUT2D eigenvalue weighted by Crippen LogP contribution is 2.16. The van der Waals surface area contributed by atoms with Crippen LogP contribution in [0.3, 0.4) is 0 Å². The summed E-state index contributed by atoms with van der Waals surface area (Å²) < 4.78 is 13.2. The van der Waals surface area contributed by atoms with Crippen molar-refractivity contribution in [3.8, 4) is 0 Å². The molecule has 0 saturated carbocycles. The Labute approximate surface area is 109 Å². The molecule has 0 radical (unpaired) electrons. The number of halogens is 1. The summed E-state index contributed by atoms with van der Waals surface area (Å²) in [6.07, 6.45) is 1.99. The fourth-order valence-corrected chi connectivity index (χ4v) is 1.90. The van der Waals surface area contributed by atoms with E-state index in [1.54, 1.807) is 12.1 Å². The molecule has 1 aromatic carbocycles. The van der Waals surface area contributed by atoms with Crippen LogP contribution in [0.4, 0.5) is 10.1 Å². The number of hydrogen-bond acceptors (Lipinski definition) is 3. The second-order valence-electron chi connectivity index (χ2n) is 4.77. The Morgan fingerprint density at radius 3 is 2.44 bits per heavy atom. The summed E-state index contributed by atoms with van der Waals surface area (Å²) in [7, 11) is 4.12. The van der Waals surface area contributed by atoms with Crippen LogP contribution in [0.25, 0.3) is 0 Å². The van der Waals surface area contributed by atoms with E-state index in [0.717, 1.165) is 38.2 Å². The lowest BCUT2D eigenvalue weighted by molar-refractivity contribution is 0.400. The van der Waals surface area contributed by atoms with E-state index in [4.69, 9.17) is 5.73 Å². The van der Waals surface area contributed by atoms with Crippen LogP contribution in [-0.2, 0) is 0 Å². The lowest BCUT2D eigenvalue weighted by Gasteiger charge is -2.25. The molecule has 0 aliphatic rings. The van der Waals surface area contributed by atoms with Gasteiger partial charge >= 0.3 is 0 Å². The van der Waals surface area contributed by atoms with Gasteiger partial charge in [-0.15, -0.1) is 0 Å². The molecule has 0 heterocycles. The molecule has 0 atom stereocenters.